The van der Waals surface area contributed by atoms with Gasteiger partial charge >= 0.3 is 7.48 Å². The van der Waals surface area contributed by atoms with Gasteiger partial charge in [-0.3, -0.25) is 0 Å². The number of aliphatic hydroxyl groups is 1. The van der Waals surface area contributed by atoms with Crippen LogP contribution in [0, 0.1) is 0 Å². The maximum Gasteiger partial charge on any atom is 0.309 e. The molecule has 0 radical (unpaired) electrons. The molecule has 4 heteroatoms. The van der Waals surface area contributed by atoms with Crippen molar-refractivity contribution in [3.63, 3.8) is 0 Å². The summed E-state index contributed by atoms with van der Waals surface area (Å²) in [6, 6.07) is 27.3. The fraction of sp³-hybridized carbons (Fsp3) is 0.214. The van der Waals surface area contributed by atoms with Gasteiger partial charge in [0.25, 0.3) is 0 Å². The monoisotopic (exact) mass is 422 g/mol. The molecule has 0 aliphatic heterocycles. The third-order valence-electron chi connectivity index (χ3n) is 6.73. The Labute approximate surface area is 188 Å². The van der Waals surface area contributed by atoms with Crippen molar-refractivity contribution in [3.05, 3.63) is 78.9 Å². The first kappa shape index (κ1) is 20.8. The van der Waals surface area contributed by atoms with Crippen LogP contribution in [-0.2, 0) is 4.65 Å². The minimum atomic E-state index is -0.922. The van der Waals surface area contributed by atoms with E-state index in [2.05, 4.69) is 66.7 Å². The fourth-order valence-corrected chi connectivity index (χ4v) is 4.02. The first-order valence-electron chi connectivity index (χ1n) is 11.0. The highest BCUT2D eigenvalue weighted by Gasteiger charge is 2.35. The summed E-state index contributed by atoms with van der Waals surface area (Å²) in [4.78, 5) is 0. The SMILES string of the molecule is CC(C)(O)C(C)(C)OBc1ccc(-c2cccc3oc4c5ccccc5ccc4c23)cc1. The lowest BCUT2D eigenvalue weighted by molar-refractivity contribution is -0.0893. The van der Waals surface area contributed by atoms with E-state index in [1.54, 1.807) is 13.8 Å². The Morgan fingerprint density at radius 2 is 1.53 bits per heavy atom. The Bertz CT molecular complexity index is 1420. The number of benzene rings is 4. The highest BCUT2D eigenvalue weighted by Crippen LogP contribution is 2.39. The summed E-state index contributed by atoms with van der Waals surface area (Å²) in [5.74, 6) is 0. The smallest absolute Gasteiger partial charge is 0.309 e. The number of hydrogen-bond donors (Lipinski definition) is 1. The second kappa shape index (κ2) is 7.51. The van der Waals surface area contributed by atoms with Gasteiger partial charge < -0.3 is 14.2 Å². The molecule has 1 aromatic heterocycles. The molecule has 0 bridgehead atoms. The second-order valence-electron chi connectivity index (χ2n) is 9.50. The quantitative estimate of drug-likeness (QED) is 0.356. The van der Waals surface area contributed by atoms with E-state index >= 15 is 0 Å². The molecule has 1 heterocycles. The third-order valence-corrected chi connectivity index (χ3v) is 6.73. The van der Waals surface area contributed by atoms with Gasteiger partial charge in [-0.1, -0.05) is 72.2 Å². The molecule has 0 aliphatic carbocycles. The molecule has 0 unspecified atom stereocenters. The molecule has 0 atom stereocenters. The molecular weight excluding hydrogens is 395 g/mol. The van der Waals surface area contributed by atoms with Crippen molar-refractivity contribution in [2.75, 3.05) is 0 Å². The van der Waals surface area contributed by atoms with E-state index < -0.39 is 11.2 Å². The van der Waals surface area contributed by atoms with Crippen molar-refractivity contribution in [1.29, 1.82) is 0 Å². The lowest BCUT2D eigenvalue weighted by Crippen LogP contribution is -2.49. The van der Waals surface area contributed by atoms with E-state index in [4.69, 9.17) is 9.07 Å². The van der Waals surface area contributed by atoms with Crippen LogP contribution >= 0.6 is 0 Å². The zero-order valence-electron chi connectivity index (χ0n) is 19.0. The topological polar surface area (TPSA) is 42.6 Å². The summed E-state index contributed by atoms with van der Waals surface area (Å²) >= 11 is 0. The zero-order valence-corrected chi connectivity index (χ0v) is 19.0. The normalized spacial score (nSPS) is 12.7. The van der Waals surface area contributed by atoms with Crippen LogP contribution < -0.4 is 5.46 Å². The Kier molecular flexibility index (Phi) is 4.88. The van der Waals surface area contributed by atoms with Crippen LogP contribution in [0.5, 0.6) is 0 Å². The van der Waals surface area contributed by atoms with Gasteiger partial charge in [0.2, 0.25) is 0 Å². The standard InChI is InChI=1S/C28H27BO3/c1-27(2,30)28(3,4)32-29-20-15-12-19(13-16-20)21-10-7-11-24-25(21)23-17-14-18-8-5-6-9-22(18)26(23)31-24/h5-17,29-30H,1-4H3. The van der Waals surface area contributed by atoms with E-state index in [0.717, 1.165) is 43.9 Å². The van der Waals surface area contributed by atoms with Crippen LogP contribution in [0.15, 0.2) is 83.3 Å². The summed E-state index contributed by atoms with van der Waals surface area (Å²) in [6.07, 6.45) is 0. The third kappa shape index (κ3) is 3.50. The molecule has 0 saturated heterocycles. The highest BCUT2D eigenvalue weighted by molar-refractivity contribution is 6.47. The van der Waals surface area contributed by atoms with Gasteiger partial charge in [0.05, 0.1) is 11.2 Å². The van der Waals surface area contributed by atoms with E-state index in [0.29, 0.717) is 7.48 Å². The number of furan rings is 1. The highest BCUT2D eigenvalue weighted by atomic mass is 16.5. The first-order chi connectivity index (χ1) is 15.2. The molecule has 32 heavy (non-hydrogen) atoms. The fourth-order valence-electron chi connectivity index (χ4n) is 4.02. The molecule has 0 spiro atoms. The van der Waals surface area contributed by atoms with Crippen LogP contribution in [0.4, 0.5) is 0 Å². The Morgan fingerprint density at radius 1 is 0.781 bits per heavy atom. The van der Waals surface area contributed by atoms with Gasteiger partial charge in [0, 0.05) is 16.2 Å². The van der Waals surface area contributed by atoms with Crippen molar-refractivity contribution in [3.8, 4) is 11.1 Å². The van der Waals surface area contributed by atoms with Gasteiger partial charge in [-0.25, -0.2) is 0 Å². The lowest BCUT2D eigenvalue weighted by Gasteiger charge is -2.37. The molecule has 5 aromatic rings. The molecule has 4 aromatic carbocycles. The van der Waals surface area contributed by atoms with Crippen LogP contribution in [0.2, 0.25) is 0 Å². The van der Waals surface area contributed by atoms with Crippen LogP contribution in [0.25, 0.3) is 43.8 Å². The van der Waals surface area contributed by atoms with Crippen LogP contribution in [0.3, 0.4) is 0 Å². The molecule has 1 N–H and O–H groups in total. The summed E-state index contributed by atoms with van der Waals surface area (Å²) in [7, 11) is 0.447. The summed E-state index contributed by atoms with van der Waals surface area (Å²) in [5, 5.41) is 14.9. The summed E-state index contributed by atoms with van der Waals surface area (Å²) < 4.78 is 12.3. The zero-order chi connectivity index (χ0) is 22.5. The van der Waals surface area contributed by atoms with E-state index in [1.807, 2.05) is 26.0 Å². The maximum absolute atomic E-state index is 10.3. The van der Waals surface area contributed by atoms with Crippen molar-refractivity contribution < 1.29 is 14.2 Å². The predicted octanol–water partition coefficient (Wildman–Crippen LogP) is 5.95. The van der Waals surface area contributed by atoms with Crippen molar-refractivity contribution >= 4 is 45.7 Å². The van der Waals surface area contributed by atoms with Gasteiger partial charge in [0.15, 0.2) is 0 Å². The Morgan fingerprint density at radius 3 is 2.28 bits per heavy atom. The van der Waals surface area contributed by atoms with Gasteiger partial charge in [-0.15, -0.1) is 0 Å². The van der Waals surface area contributed by atoms with Gasteiger partial charge in [-0.05, 0) is 56.3 Å². The number of fused-ring (bicyclic) bond motifs is 5. The molecule has 0 saturated carbocycles. The summed E-state index contributed by atoms with van der Waals surface area (Å²) in [5.41, 5.74) is 3.63. The summed E-state index contributed by atoms with van der Waals surface area (Å²) in [6.45, 7) is 7.37. The molecular formula is C28H27BO3. The minimum Gasteiger partial charge on any atom is -0.455 e. The van der Waals surface area contributed by atoms with Crippen molar-refractivity contribution in [2.24, 2.45) is 0 Å². The minimum absolute atomic E-state index is 0.447. The molecule has 3 nitrogen and oxygen atoms in total. The van der Waals surface area contributed by atoms with Crippen molar-refractivity contribution in [2.45, 2.75) is 38.9 Å². The maximum atomic E-state index is 10.3. The van der Waals surface area contributed by atoms with E-state index in [1.165, 1.54) is 5.39 Å². The van der Waals surface area contributed by atoms with Crippen molar-refractivity contribution in [1.82, 2.24) is 0 Å². The predicted molar refractivity (Wildman–Crippen MR) is 135 cm³/mol. The van der Waals surface area contributed by atoms with E-state index in [-0.39, 0.29) is 0 Å². The van der Waals surface area contributed by atoms with Crippen LogP contribution in [0.1, 0.15) is 27.7 Å². The van der Waals surface area contributed by atoms with Crippen LogP contribution in [-0.4, -0.2) is 23.8 Å². The first-order valence-corrected chi connectivity index (χ1v) is 11.0. The number of hydrogen-bond acceptors (Lipinski definition) is 3. The Hall–Kier alpha value is -3.08. The lowest BCUT2D eigenvalue weighted by atomic mass is 9.82. The average molecular weight is 422 g/mol. The average Bonchev–Trinajstić information content (AvgIpc) is 3.17. The van der Waals surface area contributed by atoms with E-state index in [9.17, 15) is 5.11 Å². The molecule has 0 fully saturated rings. The largest absolute Gasteiger partial charge is 0.455 e. The van der Waals surface area contributed by atoms with Gasteiger partial charge in [-0.2, -0.15) is 0 Å². The number of rotatable bonds is 5. The molecule has 0 aliphatic rings. The second-order valence-corrected chi connectivity index (χ2v) is 9.50. The molecule has 160 valence electrons. The molecule has 5 rings (SSSR count). The Balaban J connectivity index is 1.53. The van der Waals surface area contributed by atoms with Gasteiger partial charge in [0.1, 0.15) is 11.2 Å². The molecule has 0 amide bonds.